The van der Waals surface area contributed by atoms with Crippen LogP contribution in [0.2, 0.25) is 0 Å². The summed E-state index contributed by atoms with van der Waals surface area (Å²) in [5.41, 5.74) is 2.79. The van der Waals surface area contributed by atoms with E-state index in [4.69, 9.17) is 5.10 Å². The number of hydrogen-bond acceptors (Lipinski definition) is 5. The molecular formula is C22H21IN4O. The van der Waals surface area contributed by atoms with E-state index in [1.54, 1.807) is 5.01 Å². The van der Waals surface area contributed by atoms with Gasteiger partial charge in [0, 0.05) is 12.7 Å². The van der Waals surface area contributed by atoms with E-state index in [2.05, 4.69) is 0 Å². The molecule has 142 valence electrons. The lowest BCUT2D eigenvalue weighted by atomic mass is 10.2. The van der Waals surface area contributed by atoms with Gasteiger partial charge in [0.25, 0.3) is 0 Å². The molecule has 0 bridgehead atoms. The number of aliphatic hydroxyl groups excluding tert-OH is 1. The van der Waals surface area contributed by atoms with Crippen molar-refractivity contribution >= 4 is 47.0 Å². The van der Waals surface area contributed by atoms with Gasteiger partial charge in [0.15, 0.2) is 5.82 Å². The van der Waals surface area contributed by atoms with Crippen molar-refractivity contribution in [3.05, 3.63) is 103 Å². The zero-order valence-corrected chi connectivity index (χ0v) is 17.7. The van der Waals surface area contributed by atoms with Crippen molar-refractivity contribution < 1.29 is 5.11 Å². The second kappa shape index (κ2) is 8.79. The average Bonchev–Trinajstić information content (AvgIpc) is 3.14. The van der Waals surface area contributed by atoms with Crippen LogP contribution in [0.1, 0.15) is 0 Å². The van der Waals surface area contributed by atoms with Crippen LogP contribution < -0.4 is 14.8 Å². The lowest BCUT2D eigenvalue weighted by Crippen LogP contribution is -2.39. The van der Waals surface area contributed by atoms with Crippen molar-refractivity contribution in [2.24, 2.45) is 5.10 Å². The van der Waals surface area contributed by atoms with Gasteiger partial charge in [-0.3, -0.25) is 4.90 Å². The lowest BCUT2D eigenvalue weighted by Gasteiger charge is -2.28. The van der Waals surface area contributed by atoms with Crippen LogP contribution in [0.4, 0.5) is 17.1 Å². The fourth-order valence-corrected chi connectivity index (χ4v) is 3.06. The molecule has 3 aromatic carbocycles. The molecule has 0 radical (unpaired) electrons. The summed E-state index contributed by atoms with van der Waals surface area (Å²) < 4.78 is 0. The molecule has 0 saturated heterocycles. The third-order valence-corrected chi connectivity index (χ3v) is 4.41. The fourth-order valence-electron chi connectivity index (χ4n) is 3.06. The Hall–Kier alpha value is -3.00. The molecule has 0 aromatic heterocycles. The van der Waals surface area contributed by atoms with E-state index >= 15 is 0 Å². The number of halogens is 1. The Kier molecular flexibility index (Phi) is 6.20. The number of para-hydroxylation sites is 3. The predicted molar refractivity (Wildman–Crippen MR) is 126 cm³/mol. The van der Waals surface area contributed by atoms with E-state index in [0.29, 0.717) is 11.8 Å². The molecule has 1 N–H and O–H groups in total. The van der Waals surface area contributed by atoms with Gasteiger partial charge in [0.2, 0.25) is 5.96 Å². The van der Waals surface area contributed by atoms with Crippen molar-refractivity contribution in [2.75, 3.05) is 21.9 Å². The zero-order chi connectivity index (χ0) is 18.6. The second-order valence-electron chi connectivity index (χ2n) is 6.10. The summed E-state index contributed by atoms with van der Waals surface area (Å²) in [5, 5.41) is 16.6. The highest BCUT2D eigenvalue weighted by Gasteiger charge is 2.34. The number of benzene rings is 3. The van der Waals surface area contributed by atoms with E-state index in [0.717, 1.165) is 23.3 Å². The normalized spacial score (nSPS) is 14.6. The molecule has 1 aliphatic heterocycles. The molecule has 0 amide bonds. The first-order valence-corrected chi connectivity index (χ1v) is 8.71. The van der Waals surface area contributed by atoms with Crippen LogP contribution >= 0.6 is 24.0 Å². The number of hydrazone groups is 1. The van der Waals surface area contributed by atoms with Crippen molar-refractivity contribution in [3.8, 4) is 0 Å². The first-order valence-electron chi connectivity index (χ1n) is 8.71. The maximum absolute atomic E-state index is 10.1. The lowest BCUT2D eigenvalue weighted by molar-refractivity contribution is 0.465. The molecule has 5 nitrogen and oxygen atoms in total. The molecule has 3 aromatic rings. The number of hydrogen-bond donors (Lipinski definition) is 1. The van der Waals surface area contributed by atoms with Gasteiger partial charge in [-0.25, -0.2) is 5.01 Å². The molecule has 28 heavy (non-hydrogen) atoms. The zero-order valence-electron chi connectivity index (χ0n) is 15.4. The Morgan fingerprint density at radius 2 is 1.29 bits per heavy atom. The summed E-state index contributed by atoms with van der Waals surface area (Å²) in [6, 6.07) is 29.7. The van der Waals surface area contributed by atoms with Crippen molar-refractivity contribution in [1.82, 2.24) is 0 Å². The average molecular weight is 484 g/mol. The topological polar surface area (TPSA) is 42.3 Å². The highest BCUT2D eigenvalue weighted by atomic mass is 127. The SMILES string of the molecule is CN(C1=NN(c2ccccc2)C(=CO)N1c1ccccc1)c1ccccc1.I. The van der Waals surface area contributed by atoms with Crippen LogP contribution in [0.3, 0.4) is 0 Å². The van der Waals surface area contributed by atoms with Gasteiger partial charge in [0.05, 0.1) is 11.4 Å². The maximum atomic E-state index is 10.1. The standard InChI is InChI=1S/C22H20N4O.HI/c1-24(18-11-5-2-6-12-18)22-23-26(20-15-9-4-10-16-20)21(17-27)25(22)19-13-7-3-8-14-19;/h2-17,27H,1H3;1H. The quantitative estimate of drug-likeness (QED) is 0.400. The maximum Gasteiger partial charge on any atom is 0.234 e. The van der Waals surface area contributed by atoms with Crippen molar-refractivity contribution in [1.29, 1.82) is 0 Å². The van der Waals surface area contributed by atoms with Gasteiger partial charge in [-0.2, -0.15) is 0 Å². The molecule has 6 heteroatoms. The molecular weight excluding hydrogens is 463 g/mol. The molecule has 0 fully saturated rings. The van der Waals surface area contributed by atoms with Gasteiger partial charge < -0.3 is 10.0 Å². The minimum Gasteiger partial charge on any atom is -0.512 e. The van der Waals surface area contributed by atoms with Gasteiger partial charge in [0.1, 0.15) is 6.26 Å². The molecule has 1 heterocycles. The predicted octanol–water partition coefficient (Wildman–Crippen LogP) is 5.40. The molecule has 0 unspecified atom stereocenters. The summed E-state index contributed by atoms with van der Waals surface area (Å²) >= 11 is 0. The Morgan fingerprint density at radius 1 is 0.786 bits per heavy atom. The van der Waals surface area contributed by atoms with Crippen LogP contribution in [-0.4, -0.2) is 18.1 Å². The van der Waals surface area contributed by atoms with Crippen LogP contribution in [0.25, 0.3) is 0 Å². The highest BCUT2D eigenvalue weighted by molar-refractivity contribution is 14.0. The Morgan fingerprint density at radius 3 is 1.82 bits per heavy atom. The second-order valence-corrected chi connectivity index (χ2v) is 6.10. The van der Waals surface area contributed by atoms with Gasteiger partial charge in [-0.1, -0.05) is 54.6 Å². The van der Waals surface area contributed by atoms with E-state index in [-0.39, 0.29) is 24.0 Å². The van der Waals surface area contributed by atoms with E-state index in [1.807, 2.05) is 108 Å². The summed E-state index contributed by atoms with van der Waals surface area (Å²) in [4.78, 5) is 3.93. The van der Waals surface area contributed by atoms with E-state index in [1.165, 1.54) is 0 Å². The van der Waals surface area contributed by atoms with Crippen LogP contribution in [0, 0.1) is 0 Å². The first-order chi connectivity index (χ1) is 13.3. The third-order valence-electron chi connectivity index (χ3n) is 4.41. The van der Waals surface area contributed by atoms with Gasteiger partial charge in [-0.15, -0.1) is 29.1 Å². The largest absolute Gasteiger partial charge is 0.512 e. The summed E-state index contributed by atoms with van der Waals surface area (Å²) in [7, 11) is 1.97. The first kappa shape index (κ1) is 19.8. The summed E-state index contributed by atoms with van der Waals surface area (Å²) in [6.45, 7) is 0. The van der Waals surface area contributed by atoms with Crippen LogP contribution in [0.5, 0.6) is 0 Å². The number of guanidine groups is 1. The monoisotopic (exact) mass is 484 g/mol. The molecule has 0 aliphatic carbocycles. The Balaban J connectivity index is 0.00000225. The Labute approximate surface area is 181 Å². The molecule has 4 rings (SSSR count). The smallest absolute Gasteiger partial charge is 0.234 e. The molecule has 0 atom stereocenters. The molecule has 0 saturated carbocycles. The highest BCUT2D eigenvalue weighted by Crippen LogP contribution is 2.33. The molecule has 1 aliphatic rings. The number of rotatable bonds is 3. The van der Waals surface area contributed by atoms with E-state index < -0.39 is 0 Å². The fraction of sp³-hybridized carbons (Fsp3) is 0.0455. The number of nitrogens with zero attached hydrogens (tertiary/aromatic N) is 4. The van der Waals surface area contributed by atoms with Crippen LogP contribution in [0.15, 0.2) is 108 Å². The number of aliphatic hydroxyl groups is 1. The summed E-state index contributed by atoms with van der Waals surface area (Å²) in [6.07, 6.45) is 1.09. The van der Waals surface area contributed by atoms with Crippen molar-refractivity contribution in [2.45, 2.75) is 0 Å². The van der Waals surface area contributed by atoms with Gasteiger partial charge in [-0.05, 0) is 36.4 Å². The van der Waals surface area contributed by atoms with Crippen molar-refractivity contribution in [3.63, 3.8) is 0 Å². The van der Waals surface area contributed by atoms with Gasteiger partial charge >= 0.3 is 0 Å². The summed E-state index contributed by atoms with van der Waals surface area (Å²) in [5.74, 6) is 1.25. The third kappa shape index (κ3) is 3.68. The minimum absolute atomic E-state index is 0. The van der Waals surface area contributed by atoms with Crippen LogP contribution in [-0.2, 0) is 0 Å². The Bertz CT molecular complexity index is 962. The van der Waals surface area contributed by atoms with E-state index in [9.17, 15) is 5.11 Å². The number of anilines is 3. The minimum atomic E-state index is 0. The molecule has 0 spiro atoms.